The van der Waals surface area contributed by atoms with Crippen molar-refractivity contribution in [1.29, 1.82) is 0 Å². The van der Waals surface area contributed by atoms with Gasteiger partial charge in [0.25, 0.3) is 15.9 Å². The van der Waals surface area contributed by atoms with E-state index in [2.05, 4.69) is 10.0 Å². The highest BCUT2D eigenvalue weighted by atomic mass is 35.5. The van der Waals surface area contributed by atoms with Crippen LogP contribution in [0, 0.1) is 0 Å². The fourth-order valence-corrected chi connectivity index (χ4v) is 5.90. The molecule has 0 saturated heterocycles. The number of halogens is 3. The van der Waals surface area contributed by atoms with Crippen LogP contribution in [-0.4, -0.2) is 20.4 Å². The molecule has 6 nitrogen and oxygen atoms in total. The van der Waals surface area contributed by atoms with Crippen molar-refractivity contribution in [2.75, 3.05) is 4.72 Å². The third-order valence-electron chi connectivity index (χ3n) is 5.44. The predicted octanol–water partition coefficient (Wildman–Crippen LogP) is 7.32. The van der Waals surface area contributed by atoms with E-state index < -0.39 is 10.0 Å². The fraction of sp³-hybridized carbons (Fsp3) is 0.148. The zero-order valence-electron chi connectivity index (χ0n) is 19.9. The van der Waals surface area contributed by atoms with Gasteiger partial charge in [0.15, 0.2) is 0 Å². The average molecular weight is 578 g/mol. The van der Waals surface area contributed by atoms with Gasteiger partial charge in [0, 0.05) is 17.0 Å². The molecule has 4 aromatic rings. The van der Waals surface area contributed by atoms with Crippen LogP contribution in [0.15, 0.2) is 77.7 Å². The Morgan fingerprint density at radius 1 is 0.892 bits per heavy atom. The number of amides is 1. The van der Waals surface area contributed by atoms with Crippen LogP contribution in [0.4, 0.5) is 5.69 Å². The summed E-state index contributed by atoms with van der Waals surface area (Å²) in [5.41, 5.74) is 1.50. The van der Waals surface area contributed by atoms with Crippen molar-refractivity contribution >= 4 is 67.2 Å². The molecule has 192 valence electrons. The summed E-state index contributed by atoms with van der Waals surface area (Å²) in [7, 11) is -3.98. The molecule has 37 heavy (non-hydrogen) atoms. The molecule has 0 radical (unpaired) electrons. The maximum atomic E-state index is 13.0. The minimum atomic E-state index is -3.98. The van der Waals surface area contributed by atoms with Gasteiger partial charge in [-0.25, -0.2) is 8.42 Å². The number of ether oxygens (including phenoxy) is 1. The Morgan fingerprint density at radius 2 is 1.62 bits per heavy atom. The lowest BCUT2D eigenvalue weighted by Gasteiger charge is -2.15. The van der Waals surface area contributed by atoms with Gasteiger partial charge in [-0.3, -0.25) is 9.52 Å². The molecule has 4 aromatic carbocycles. The number of hydrogen-bond acceptors (Lipinski definition) is 4. The Hall–Kier alpha value is -2.97. The first-order valence-electron chi connectivity index (χ1n) is 11.3. The van der Waals surface area contributed by atoms with E-state index in [-0.39, 0.29) is 33.5 Å². The maximum Gasteiger partial charge on any atom is 0.263 e. The average Bonchev–Trinajstić information content (AvgIpc) is 2.82. The van der Waals surface area contributed by atoms with Crippen LogP contribution in [0.5, 0.6) is 5.75 Å². The van der Waals surface area contributed by atoms with E-state index in [0.717, 1.165) is 10.9 Å². The zero-order chi connectivity index (χ0) is 26.7. The molecule has 0 bridgehead atoms. The van der Waals surface area contributed by atoms with Crippen LogP contribution in [0.3, 0.4) is 0 Å². The van der Waals surface area contributed by atoms with Crippen molar-refractivity contribution in [2.24, 2.45) is 0 Å². The number of hydrogen-bond donors (Lipinski definition) is 2. The lowest BCUT2D eigenvalue weighted by molar-refractivity contribution is 0.0951. The highest BCUT2D eigenvalue weighted by Gasteiger charge is 2.20. The van der Waals surface area contributed by atoms with Gasteiger partial charge in [-0.2, -0.15) is 0 Å². The van der Waals surface area contributed by atoms with Gasteiger partial charge < -0.3 is 10.1 Å². The molecular weight excluding hydrogens is 555 g/mol. The number of sulfonamides is 1. The zero-order valence-corrected chi connectivity index (χ0v) is 23.0. The predicted molar refractivity (Wildman–Crippen MR) is 150 cm³/mol. The summed E-state index contributed by atoms with van der Waals surface area (Å²) < 4.78 is 34.3. The highest BCUT2D eigenvalue weighted by molar-refractivity contribution is 7.92. The van der Waals surface area contributed by atoms with Crippen LogP contribution >= 0.6 is 34.8 Å². The normalized spacial score (nSPS) is 11.5. The summed E-state index contributed by atoms with van der Waals surface area (Å²) in [6, 6.07) is 19.8. The molecule has 0 fully saturated rings. The number of anilines is 1. The van der Waals surface area contributed by atoms with E-state index in [1.807, 2.05) is 26.0 Å². The first-order chi connectivity index (χ1) is 17.5. The first-order valence-corrected chi connectivity index (χ1v) is 13.9. The van der Waals surface area contributed by atoms with E-state index in [0.29, 0.717) is 27.4 Å². The Labute approximate surface area is 230 Å². The number of carbonyl (C=O) groups excluding carboxylic acids is 1. The lowest BCUT2D eigenvalue weighted by atomic mass is 10.0. The smallest absolute Gasteiger partial charge is 0.263 e. The van der Waals surface area contributed by atoms with Gasteiger partial charge in [-0.15, -0.1) is 0 Å². The van der Waals surface area contributed by atoms with Gasteiger partial charge >= 0.3 is 0 Å². The molecule has 0 aliphatic rings. The van der Waals surface area contributed by atoms with E-state index in [1.165, 1.54) is 18.2 Å². The fourth-order valence-electron chi connectivity index (χ4n) is 3.79. The molecule has 4 rings (SSSR count). The third kappa shape index (κ3) is 6.30. The number of fused-ring (bicyclic) bond motifs is 1. The molecule has 10 heteroatoms. The quantitative estimate of drug-likeness (QED) is 0.230. The highest BCUT2D eigenvalue weighted by Crippen LogP contribution is 2.31. The third-order valence-corrected chi connectivity index (χ3v) is 7.83. The summed E-state index contributed by atoms with van der Waals surface area (Å²) in [6.07, 6.45) is -0.0142. The number of nitrogens with one attached hydrogen (secondary N) is 2. The second-order valence-corrected chi connectivity index (χ2v) is 11.4. The lowest BCUT2D eigenvalue weighted by Crippen LogP contribution is -2.23. The van der Waals surface area contributed by atoms with E-state index >= 15 is 0 Å². The van der Waals surface area contributed by atoms with Crippen molar-refractivity contribution < 1.29 is 17.9 Å². The Morgan fingerprint density at radius 3 is 2.30 bits per heavy atom. The minimum absolute atomic E-state index is 0.0142. The van der Waals surface area contributed by atoms with Crippen LogP contribution < -0.4 is 14.8 Å². The van der Waals surface area contributed by atoms with Crippen molar-refractivity contribution in [1.82, 2.24) is 5.32 Å². The molecule has 0 aliphatic heterocycles. The number of benzene rings is 4. The second-order valence-electron chi connectivity index (χ2n) is 8.49. The van der Waals surface area contributed by atoms with Gasteiger partial charge in [0.05, 0.1) is 27.4 Å². The van der Waals surface area contributed by atoms with E-state index in [9.17, 15) is 13.2 Å². The Bertz CT molecular complexity index is 1590. The standard InChI is InChI=1S/C27H23Cl3N2O4S/c1-16(2)36-19-9-10-22(23(29)14-19)27(33)31-15-17-7-11-25(21-6-4-3-5-20(17)21)32-37(34,35)26-12-8-18(28)13-24(26)30/h3-14,16,32H,15H2,1-2H3,(H,31,33). The van der Waals surface area contributed by atoms with Crippen LogP contribution in [0.2, 0.25) is 15.1 Å². The van der Waals surface area contributed by atoms with Gasteiger partial charge in [-0.1, -0.05) is 65.1 Å². The molecular formula is C27H23Cl3N2O4S. The Balaban J connectivity index is 1.57. The van der Waals surface area contributed by atoms with Crippen molar-refractivity contribution in [3.8, 4) is 5.75 Å². The molecule has 1 amide bonds. The van der Waals surface area contributed by atoms with Crippen LogP contribution in [0.25, 0.3) is 10.8 Å². The van der Waals surface area contributed by atoms with Gasteiger partial charge in [0.1, 0.15) is 10.6 Å². The number of carbonyl (C=O) groups is 1. The van der Waals surface area contributed by atoms with Crippen molar-refractivity contribution in [3.05, 3.63) is 99.0 Å². The minimum Gasteiger partial charge on any atom is -0.491 e. The summed E-state index contributed by atoms with van der Waals surface area (Å²) in [6.45, 7) is 4.01. The second kappa shape index (κ2) is 11.2. The topological polar surface area (TPSA) is 84.5 Å². The summed E-state index contributed by atoms with van der Waals surface area (Å²) >= 11 is 18.3. The largest absolute Gasteiger partial charge is 0.491 e. The van der Waals surface area contributed by atoms with Crippen molar-refractivity contribution in [3.63, 3.8) is 0 Å². The summed E-state index contributed by atoms with van der Waals surface area (Å²) in [4.78, 5) is 12.7. The first kappa shape index (κ1) is 27.1. The van der Waals surface area contributed by atoms with Gasteiger partial charge in [-0.05, 0) is 67.3 Å². The molecule has 0 aromatic heterocycles. The van der Waals surface area contributed by atoms with Crippen LogP contribution in [0.1, 0.15) is 29.8 Å². The molecule has 0 saturated carbocycles. The summed E-state index contributed by atoms with van der Waals surface area (Å²) in [5, 5.41) is 4.96. The maximum absolute atomic E-state index is 13.0. The van der Waals surface area contributed by atoms with Gasteiger partial charge in [0.2, 0.25) is 0 Å². The van der Waals surface area contributed by atoms with Crippen molar-refractivity contribution in [2.45, 2.75) is 31.4 Å². The van der Waals surface area contributed by atoms with Crippen LogP contribution in [-0.2, 0) is 16.6 Å². The molecule has 0 spiro atoms. The molecule has 0 unspecified atom stereocenters. The molecule has 0 aliphatic carbocycles. The molecule has 0 heterocycles. The SMILES string of the molecule is CC(C)Oc1ccc(C(=O)NCc2ccc(NS(=O)(=O)c3ccc(Cl)cc3Cl)c3ccccc23)c(Cl)c1. The summed E-state index contributed by atoms with van der Waals surface area (Å²) in [5.74, 6) is 0.243. The van der Waals surface area contributed by atoms with E-state index in [4.69, 9.17) is 39.5 Å². The number of rotatable bonds is 8. The molecule has 0 atom stereocenters. The molecule has 2 N–H and O–H groups in total. The Kier molecular flexibility index (Phi) is 8.19. The monoisotopic (exact) mass is 576 g/mol. The van der Waals surface area contributed by atoms with E-state index in [1.54, 1.807) is 42.5 Å².